The predicted molar refractivity (Wildman–Crippen MR) is 63.8 cm³/mol. The van der Waals surface area contributed by atoms with E-state index in [9.17, 15) is 4.79 Å². The molecule has 0 bridgehead atoms. The fraction of sp³-hybridized carbons (Fsp3) is 0.400. The smallest absolute Gasteiger partial charge is 0.261 e. The summed E-state index contributed by atoms with van der Waals surface area (Å²) in [6, 6.07) is 0. The van der Waals surface area contributed by atoms with Gasteiger partial charge in [-0.15, -0.1) is 0 Å². The van der Waals surface area contributed by atoms with E-state index in [1.807, 2.05) is 13.1 Å². The zero-order valence-corrected chi connectivity index (χ0v) is 9.16. The molecule has 5 N–H and O–H groups in total. The monoisotopic (exact) mass is 221 g/mol. The number of nitrogens with zero attached hydrogens (tertiary/aromatic N) is 2. The number of likely N-dealkylation sites (N-methyl/N-ethyl adjacent to an activating group) is 1. The van der Waals surface area contributed by atoms with Gasteiger partial charge in [0.25, 0.3) is 5.56 Å². The lowest BCUT2D eigenvalue weighted by atomic mass is 10.0. The van der Waals surface area contributed by atoms with Gasteiger partial charge in [0.1, 0.15) is 5.82 Å². The molecule has 0 spiro atoms. The van der Waals surface area contributed by atoms with Crippen LogP contribution in [0.3, 0.4) is 0 Å². The Morgan fingerprint density at radius 3 is 2.81 bits per heavy atom. The van der Waals surface area contributed by atoms with Crippen LogP contribution in [0.5, 0.6) is 0 Å². The maximum Gasteiger partial charge on any atom is 0.261 e. The zero-order valence-electron chi connectivity index (χ0n) is 9.16. The summed E-state index contributed by atoms with van der Waals surface area (Å²) in [6.07, 6.45) is 2.80. The molecule has 0 amide bonds. The molecule has 0 aliphatic carbocycles. The highest BCUT2D eigenvalue weighted by atomic mass is 16.1. The summed E-state index contributed by atoms with van der Waals surface area (Å²) in [7, 11) is 2.03. The number of nitrogens with two attached hydrogens (primary N) is 2. The van der Waals surface area contributed by atoms with Crippen LogP contribution in [0.1, 0.15) is 12.0 Å². The average molecular weight is 221 g/mol. The molecule has 6 nitrogen and oxygen atoms in total. The molecule has 0 saturated carbocycles. The molecule has 6 heteroatoms. The first kappa shape index (κ1) is 10.7. The topological polar surface area (TPSA) is 101 Å². The fourth-order valence-electron chi connectivity index (χ4n) is 1.82. The van der Waals surface area contributed by atoms with E-state index in [2.05, 4.69) is 14.9 Å². The van der Waals surface area contributed by atoms with Gasteiger partial charge in [-0.1, -0.05) is 6.08 Å². The molecule has 0 unspecified atom stereocenters. The molecule has 0 atom stereocenters. The lowest BCUT2D eigenvalue weighted by molar-refractivity contribution is 0.370. The van der Waals surface area contributed by atoms with E-state index >= 15 is 0 Å². The van der Waals surface area contributed by atoms with Crippen molar-refractivity contribution < 1.29 is 0 Å². The van der Waals surface area contributed by atoms with Crippen LogP contribution in [-0.2, 0) is 0 Å². The lowest BCUT2D eigenvalue weighted by Gasteiger charge is -2.22. The molecule has 1 aliphatic rings. The van der Waals surface area contributed by atoms with Crippen LogP contribution in [0.2, 0.25) is 0 Å². The molecule has 2 heterocycles. The summed E-state index contributed by atoms with van der Waals surface area (Å²) >= 11 is 0. The molecule has 0 aromatic carbocycles. The Kier molecular flexibility index (Phi) is 2.66. The van der Waals surface area contributed by atoms with Crippen molar-refractivity contribution in [3.05, 3.63) is 22.0 Å². The highest BCUT2D eigenvalue weighted by Crippen LogP contribution is 2.22. The van der Waals surface area contributed by atoms with Crippen molar-refractivity contribution in [1.82, 2.24) is 14.9 Å². The Morgan fingerprint density at radius 1 is 1.50 bits per heavy atom. The van der Waals surface area contributed by atoms with Crippen molar-refractivity contribution >= 4 is 17.3 Å². The number of nitrogens with one attached hydrogen (secondary N) is 1. The number of rotatable bonds is 1. The number of hydrogen-bond donors (Lipinski definition) is 3. The number of H-pyrrole nitrogens is 1. The third-order valence-electron chi connectivity index (χ3n) is 2.70. The van der Waals surface area contributed by atoms with Gasteiger partial charge in [-0.25, -0.2) is 0 Å². The fourth-order valence-corrected chi connectivity index (χ4v) is 1.82. The van der Waals surface area contributed by atoms with Crippen LogP contribution in [0.15, 0.2) is 10.9 Å². The molecule has 1 aromatic rings. The van der Waals surface area contributed by atoms with E-state index in [1.54, 1.807) is 0 Å². The second-order valence-corrected chi connectivity index (χ2v) is 3.95. The summed E-state index contributed by atoms with van der Waals surface area (Å²) in [5, 5.41) is 0. The minimum atomic E-state index is -0.263. The Balaban J connectivity index is 2.45. The first-order valence-electron chi connectivity index (χ1n) is 5.11. The minimum absolute atomic E-state index is 0.0553. The van der Waals surface area contributed by atoms with Crippen molar-refractivity contribution in [2.45, 2.75) is 6.42 Å². The van der Waals surface area contributed by atoms with Crippen LogP contribution in [-0.4, -0.2) is 35.0 Å². The van der Waals surface area contributed by atoms with Gasteiger partial charge in [0.15, 0.2) is 0 Å². The number of nitrogen functional groups attached to an aromatic ring is 2. The maximum absolute atomic E-state index is 11.7. The van der Waals surface area contributed by atoms with Crippen molar-refractivity contribution in [2.75, 3.05) is 31.6 Å². The molecular formula is C10H15N5O. The number of aromatic nitrogens is 2. The van der Waals surface area contributed by atoms with E-state index < -0.39 is 0 Å². The van der Waals surface area contributed by atoms with Gasteiger partial charge in [0.05, 0.1) is 5.56 Å². The highest BCUT2D eigenvalue weighted by Gasteiger charge is 2.16. The molecule has 86 valence electrons. The third kappa shape index (κ3) is 1.92. The summed E-state index contributed by atoms with van der Waals surface area (Å²) < 4.78 is 0. The van der Waals surface area contributed by atoms with Crippen molar-refractivity contribution in [2.24, 2.45) is 0 Å². The average Bonchev–Trinajstić information content (AvgIpc) is 2.19. The highest BCUT2D eigenvalue weighted by molar-refractivity contribution is 5.73. The second kappa shape index (κ2) is 3.97. The van der Waals surface area contributed by atoms with Gasteiger partial charge in [-0.2, -0.15) is 4.98 Å². The first-order chi connectivity index (χ1) is 7.58. The Hall–Kier alpha value is -1.82. The van der Waals surface area contributed by atoms with E-state index in [1.165, 1.54) is 0 Å². The first-order valence-corrected chi connectivity index (χ1v) is 5.11. The molecule has 1 aliphatic heterocycles. The quantitative estimate of drug-likeness (QED) is 0.602. The number of hydrogen-bond acceptors (Lipinski definition) is 5. The van der Waals surface area contributed by atoms with Crippen LogP contribution in [0, 0.1) is 0 Å². The SMILES string of the molecule is CN1CC=C(c2c(N)nc(N)[nH]c2=O)CC1. The normalized spacial score (nSPS) is 17.2. The molecule has 16 heavy (non-hydrogen) atoms. The second-order valence-electron chi connectivity index (χ2n) is 3.95. The van der Waals surface area contributed by atoms with Gasteiger partial charge in [-0.3, -0.25) is 9.78 Å². The third-order valence-corrected chi connectivity index (χ3v) is 2.70. The van der Waals surface area contributed by atoms with Crippen LogP contribution < -0.4 is 17.0 Å². The molecule has 0 fully saturated rings. The predicted octanol–water partition coefficient (Wildman–Crippen LogP) is -0.347. The van der Waals surface area contributed by atoms with Crippen LogP contribution >= 0.6 is 0 Å². The largest absolute Gasteiger partial charge is 0.383 e. The van der Waals surface area contributed by atoms with Gasteiger partial charge in [0.2, 0.25) is 5.95 Å². The van der Waals surface area contributed by atoms with Crippen molar-refractivity contribution in [3.8, 4) is 0 Å². The van der Waals surface area contributed by atoms with Crippen molar-refractivity contribution in [1.29, 1.82) is 0 Å². The molecule has 2 rings (SSSR count). The van der Waals surface area contributed by atoms with Gasteiger partial charge in [-0.05, 0) is 19.0 Å². The van der Waals surface area contributed by atoms with Gasteiger partial charge < -0.3 is 16.4 Å². The molecule has 0 saturated heterocycles. The Morgan fingerprint density at radius 2 is 2.25 bits per heavy atom. The van der Waals surface area contributed by atoms with E-state index in [4.69, 9.17) is 11.5 Å². The zero-order chi connectivity index (χ0) is 11.7. The van der Waals surface area contributed by atoms with E-state index in [0.717, 1.165) is 25.1 Å². The Bertz CT molecular complexity index is 490. The summed E-state index contributed by atoms with van der Waals surface area (Å²) in [4.78, 5) is 20.2. The summed E-state index contributed by atoms with van der Waals surface area (Å²) in [5.74, 6) is 0.261. The van der Waals surface area contributed by atoms with Gasteiger partial charge >= 0.3 is 0 Å². The van der Waals surface area contributed by atoms with Crippen molar-refractivity contribution in [3.63, 3.8) is 0 Å². The molecule has 0 radical (unpaired) electrons. The number of aromatic amines is 1. The minimum Gasteiger partial charge on any atom is -0.383 e. The lowest BCUT2D eigenvalue weighted by Crippen LogP contribution is -2.26. The summed E-state index contributed by atoms with van der Waals surface area (Å²) in [6.45, 7) is 1.73. The number of anilines is 2. The molecule has 1 aromatic heterocycles. The molecular weight excluding hydrogens is 206 g/mol. The van der Waals surface area contributed by atoms with E-state index in [-0.39, 0.29) is 17.3 Å². The van der Waals surface area contributed by atoms with E-state index in [0.29, 0.717) is 5.56 Å². The van der Waals surface area contributed by atoms with Gasteiger partial charge in [0, 0.05) is 13.1 Å². The standard InChI is InChI=1S/C10H15N5O/c1-15-4-2-6(3-5-15)7-8(11)13-10(12)14-9(7)16/h2H,3-5H2,1H3,(H5,11,12,13,14,16). The van der Waals surface area contributed by atoms with Crippen LogP contribution in [0.25, 0.3) is 5.57 Å². The van der Waals surface area contributed by atoms with Crippen LogP contribution in [0.4, 0.5) is 11.8 Å². The Labute approximate surface area is 93.0 Å². The maximum atomic E-state index is 11.7. The summed E-state index contributed by atoms with van der Waals surface area (Å²) in [5.41, 5.74) is 12.3.